The lowest BCUT2D eigenvalue weighted by Crippen LogP contribution is -2.25. The standard InChI is InChI=1S/C7H13BN4OS/c1-8(13)12-7(10)11-6-3-2-5(4-9)14-6/h2-3,13H,4,9H2,1H3,(H3,10,11,12). The van der Waals surface area contributed by atoms with Crippen LogP contribution in [0.25, 0.3) is 0 Å². The van der Waals surface area contributed by atoms with Crippen LogP contribution in [0.3, 0.4) is 0 Å². The van der Waals surface area contributed by atoms with Crippen molar-refractivity contribution in [2.24, 2.45) is 16.4 Å². The number of hydrogen-bond donors (Lipinski definition) is 4. The van der Waals surface area contributed by atoms with Gasteiger partial charge < -0.3 is 21.8 Å². The highest BCUT2D eigenvalue weighted by Crippen LogP contribution is 2.20. The van der Waals surface area contributed by atoms with Gasteiger partial charge in [-0.25, -0.2) is 0 Å². The normalized spacial score (nSPS) is 11.5. The van der Waals surface area contributed by atoms with E-state index in [4.69, 9.17) is 16.5 Å². The van der Waals surface area contributed by atoms with E-state index in [1.165, 1.54) is 18.2 Å². The smallest absolute Gasteiger partial charge is 0.431 e. The Morgan fingerprint density at radius 1 is 1.71 bits per heavy atom. The molecule has 7 heteroatoms. The molecular formula is C7H13BN4OS. The number of hydrogen-bond acceptors (Lipinski definition) is 4. The first-order valence-corrected chi connectivity index (χ1v) is 5.00. The average molecular weight is 212 g/mol. The first-order valence-electron chi connectivity index (χ1n) is 4.19. The van der Waals surface area contributed by atoms with Gasteiger partial charge in [-0.15, -0.1) is 11.3 Å². The minimum absolute atomic E-state index is 0.199. The van der Waals surface area contributed by atoms with Crippen LogP contribution in [0.2, 0.25) is 6.82 Å². The molecule has 0 aliphatic heterocycles. The van der Waals surface area contributed by atoms with Crippen LogP contribution in [0.5, 0.6) is 0 Å². The number of nitrogens with zero attached hydrogens (tertiary/aromatic N) is 1. The second kappa shape index (κ2) is 4.99. The zero-order chi connectivity index (χ0) is 10.6. The molecular weight excluding hydrogens is 199 g/mol. The molecule has 0 amide bonds. The van der Waals surface area contributed by atoms with Crippen LogP contribution in [-0.4, -0.2) is 18.0 Å². The van der Waals surface area contributed by atoms with Crippen LogP contribution in [0.15, 0.2) is 17.0 Å². The van der Waals surface area contributed by atoms with E-state index in [0.717, 1.165) is 9.88 Å². The molecule has 1 aromatic heterocycles. The maximum absolute atomic E-state index is 8.93. The third kappa shape index (κ3) is 3.37. The predicted octanol–water partition coefficient (Wildman–Crippen LogP) is 0.0437. The fourth-order valence-electron chi connectivity index (χ4n) is 0.915. The Morgan fingerprint density at radius 3 is 2.93 bits per heavy atom. The number of thiophene rings is 1. The Hall–Kier alpha value is -1.05. The lowest BCUT2D eigenvalue weighted by atomic mass is 9.91. The van der Waals surface area contributed by atoms with Gasteiger partial charge in [0.2, 0.25) is 0 Å². The van der Waals surface area contributed by atoms with Gasteiger partial charge in [-0.2, -0.15) is 0 Å². The van der Waals surface area contributed by atoms with Gasteiger partial charge in [0.15, 0.2) is 5.96 Å². The minimum atomic E-state index is -0.795. The van der Waals surface area contributed by atoms with Gasteiger partial charge in [-0.3, -0.25) is 4.90 Å². The van der Waals surface area contributed by atoms with Gasteiger partial charge in [0.1, 0.15) is 0 Å². The topological polar surface area (TPSA) is 96.7 Å². The van der Waals surface area contributed by atoms with E-state index in [1.807, 2.05) is 12.1 Å². The summed E-state index contributed by atoms with van der Waals surface area (Å²) >= 11 is 1.51. The predicted molar refractivity (Wildman–Crippen MR) is 61.3 cm³/mol. The molecule has 0 aromatic carbocycles. The Balaban J connectivity index is 2.60. The minimum Gasteiger partial charge on any atom is -0.431 e. The SMILES string of the molecule is CB(O)N=C(N)Nc1ccc(CN)s1. The maximum atomic E-state index is 8.93. The highest BCUT2D eigenvalue weighted by molar-refractivity contribution is 7.16. The molecule has 0 spiro atoms. The molecule has 0 unspecified atom stereocenters. The Morgan fingerprint density at radius 2 is 2.43 bits per heavy atom. The first kappa shape index (κ1) is 11.0. The lowest BCUT2D eigenvalue weighted by molar-refractivity contribution is 0.581. The average Bonchev–Trinajstić information content (AvgIpc) is 2.50. The molecule has 1 rings (SSSR count). The van der Waals surface area contributed by atoms with Crippen LogP contribution >= 0.6 is 11.3 Å². The van der Waals surface area contributed by atoms with E-state index in [0.29, 0.717) is 6.54 Å². The van der Waals surface area contributed by atoms with Gasteiger partial charge in [-0.05, 0) is 19.0 Å². The van der Waals surface area contributed by atoms with E-state index < -0.39 is 7.05 Å². The van der Waals surface area contributed by atoms with E-state index in [9.17, 15) is 0 Å². The van der Waals surface area contributed by atoms with Gasteiger partial charge in [0.05, 0.1) is 5.00 Å². The largest absolute Gasteiger partial charge is 0.431 e. The summed E-state index contributed by atoms with van der Waals surface area (Å²) in [7, 11) is -0.795. The molecule has 6 N–H and O–H groups in total. The highest BCUT2D eigenvalue weighted by Gasteiger charge is 2.03. The van der Waals surface area contributed by atoms with Crippen molar-refractivity contribution in [3.63, 3.8) is 0 Å². The lowest BCUT2D eigenvalue weighted by Gasteiger charge is -2.02. The molecule has 1 heterocycles. The number of anilines is 1. The molecule has 14 heavy (non-hydrogen) atoms. The molecule has 0 radical (unpaired) electrons. The van der Waals surface area contributed by atoms with Crippen LogP contribution in [0.1, 0.15) is 4.88 Å². The maximum Gasteiger partial charge on any atom is 0.431 e. The van der Waals surface area contributed by atoms with Crippen LogP contribution in [0.4, 0.5) is 5.00 Å². The zero-order valence-electron chi connectivity index (χ0n) is 7.90. The quantitative estimate of drug-likeness (QED) is 0.323. The van der Waals surface area contributed by atoms with E-state index in [-0.39, 0.29) is 5.96 Å². The van der Waals surface area contributed by atoms with Crippen LogP contribution in [-0.2, 0) is 6.54 Å². The molecule has 0 aliphatic carbocycles. The fourth-order valence-corrected chi connectivity index (χ4v) is 1.71. The van der Waals surface area contributed by atoms with Gasteiger partial charge in [-0.1, -0.05) is 0 Å². The van der Waals surface area contributed by atoms with Crippen LogP contribution in [0, 0.1) is 0 Å². The summed E-state index contributed by atoms with van der Waals surface area (Å²) in [4.78, 5) is 4.79. The van der Waals surface area contributed by atoms with Gasteiger partial charge >= 0.3 is 7.05 Å². The second-order valence-electron chi connectivity index (χ2n) is 2.74. The number of nitrogens with one attached hydrogen (secondary N) is 1. The van der Waals surface area contributed by atoms with Crippen molar-refractivity contribution in [3.05, 3.63) is 17.0 Å². The summed E-state index contributed by atoms with van der Waals surface area (Å²) in [5.74, 6) is 0.199. The van der Waals surface area contributed by atoms with Crippen molar-refractivity contribution < 1.29 is 5.02 Å². The molecule has 0 bridgehead atoms. The first-order chi connectivity index (χ1) is 6.61. The van der Waals surface area contributed by atoms with Gasteiger partial charge in [0, 0.05) is 11.4 Å². The Kier molecular flexibility index (Phi) is 3.93. The molecule has 0 fully saturated rings. The van der Waals surface area contributed by atoms with Crippen molar-refractivity contribution in [1.82, 2.24) is 0 Å². The molecule has 1 aromatic rings. The number of guanidine groups is 1. The summed E-state index contributed by atoms with van der Waals surface area (Å²) in [6.45, 7) is 2.05. The van der Waals surface area contributed by atoms with E-state index >= 15 is 0 Å². The van der Waals surface area contributed by atoms with E-state index in [1.54, 1.807) is 0 Å². The molecule has 0 saturated carbocycles. The molecule has 0 saturated heterocycles. The molecule has 5 nitrogen and oxygen atoms in total. The second-order valence-corrected chi connectivity index (χ2v) is 3.91. The highest BCUT2D eigenvalue weighted by atomic mass is 32.1. The Bertz CT molecular complexity index is 325. The van der Waals surface area contributed by atoms with E-state index in [2.05, 4.69) is 10.2 Å². The Labute approximate surface area is 87.0 Å². The van der Waals surface area contributed by atoms with Crippen LogP contribution < -0.4 is 16.8 Å². The molecule has 76 valence electrons. The number of nitrogens with two attached hydrogens (primary N) is 2. The summed E-state index contributed by atoms with van der Waals surface area (Å²) in [5.41, 5.74) is 11.0. The van der Waals surface area contributed by atoms with Crippen molar-refractivity contribution in [2.45, 2.75) is 13.4 Å². The van der Waals surface area contributed by atoms with Crippen molar-refractivity contribution >= 4 is 29.3 Å². The third-order valence-corrected chi connectivity index (χ3v) is 2.46. The van der Waals surface area contributed by atoms with Crippen molar-refractivity contribution in [2.75, 3.05) is 5.32 Å². The summed E-state index contributed by atoms with van der Waals surface area (Å²) in [6.07, 6.45) is 0. The summed E-state index contributed by atoms with van der Waals surface area (Å²) in [5, 5.41) is 12.7. The monoisotopic (exact) mass is 212 g/mol. The van der Waals surface area contributed by atoms with Crippen molar-refractivity contribution in [1.29, 1.82) is 0 Å². The summed E-state index contributed by atoms with van der Waals surface area (Å²) in [6, 6.07) is 3.79. The fraction of sp³-hybridized carbons (Fsp3) is 0.286. The molecule has 0 aliphatic rings. The van der Waals surface area contributed by atoms with Crippen molar-refractivity contribution in [3.8, 4) is 0 Å². The number of rotatable bonds is 3. The summed E-state index contributed by atoms with van der Waals surface area (Å²) < 4.78 is 0. The molecule has 0 atom stereocenters. The zero-order valence-corrected chi connectivity index (χ0v) is 8.71. The van der Waals surface area contributed by atoms with Gasteiger partial charge in [0.25, 0.3) is 0 Å². The third-order valence-electron chi connectivity index (χ3n) is 1.44.